The fourth-order valence-electron chi connectivity index (χ4n) is 8.21. The van der Waals surface area contributed by atoms with E-state index in [9.17, 15) is 10.2 Å². The Kier molecular flexibility index (Phi) is 6.38. The molecule has 8 nitrogen and oxygen atoms in total. The largest absolute Gasteiger partial charge is 0.507 e. The molecule has 5 aliphatic rings. The predicted octanol–water partition coefficient (Wildman–Crippen LogP) is 5.28. The molecule has 8 rings (SSSR count). The fraction of sp³-hybridized carbons (Fsp3) is 0.471. The van der Waals surface area contributed by atoms with E-state index in [-0.39, 0.29) is 36.8 Å². The summed E-state index contributed by atoms with van der Waals surface area (Å²) < 4.78 is 24.6. The van der Waals surface area contributed by atoms with Crippen LogP contribution in [0.15, 0.2) is 36.4 Å². The molecule has 8 heteroatoms. The number of methoxy groups -OCH3 is 1. The van der Waals surface area contributed by atoms with Crippen molar-refractivity contribution < 1.29 is 29.2 Å². The molecule has 0 aromatic heterocycles. The molecule has 0 aliphatic carbocycles. The number of rotatable bonds is 5. The molecule has 0 unspecified atom stereocenters. The van der Waals surface area contributed by atoms with Crippen LogP contribution >= 0.6 is 0 Å². The maximum atomic E-state index is 11.6. The van der Waals surface area contributed by atoms with Crippen molar-refractivity contribution in [2.45, 2.75) is 76.8 Å². The second kappa shape index (κ2) is 9.79. The number of fused-ring (bicyclic) bond motifs is 3. The van der Waals surface area contributed by atoms with E-state index in [0.29, 0.717) is 36.1 Å². The lowest BCUT2D eigenvalue weighted by Gasteiger charge is -2.63. The van der Waals surface area contributed by atoms with Crippen LogP contribution in [-0.2, 0) is 18.6 Å². The molecular formula is C34H40N2O6. The highest BCUT2D eigenvalue weighted by Gasteiger charge is 2.57. The minimum atomic E-state index is -0.406. The van der Waals surface area contributed by atoms with E-state index in [1.807, 2.05) is 25.1 Å². The van der Waals surface area contributed by atoms with Crippen LogP contribution in [0, 0.1) is 13.8 Å². The van der Waals surface area contributed by atoms with Crippen LogP contribution < -0.4 is 18.9 Å². The van der Waals surface area contributed by atoms with Crippen LogP contribution in [0.2, 0.25) is 0 Å². The number of aliphatic hydroxyl groups excluding tert-OH is 1. The van der Waals surface area contributed by atoms with E-state index in [1.165, 1.54) is 5.56 Å². The van der Waals surface area contributed by atoms with Crippen LogP contribution in [0.1, 0.15) is 71.3 Å². The number of likely N-dealkylation sites (N-methyl/N-ethyl adjacent to an activating group) is 1. The second-order valence-electron chi connectivity index (χ2n) is 12.5. The van der Waals surface area contributed by atoms with Gasteiger partial charge in [0.25, 0.3) is 0 Å². The van der Waals surface area contributed by atoms with Crippen molar-refractivity contribution in [1.29, 1.82) is 0 Å². The molecule has 2 N–H and O–H groups in total. The SMILES string of the molecule is COc1c(C)cc2c(c1OCc1ccccc1)[C@@H]1Cc3c(O)c(C)c4c(c3[C@H](CO)N1[C@@H](C)[C@H]1C[C@@]2(C)N1C)OCO4. The molecule has 0 spiro atoms. The van der Waals surface area contributed by atoms with Crippen molar-refractivity contribution in [3.63, 3.8) is 0 Å². The molecule has 42 heavy (non-hydrogen) atoms. The lowest BCUT2D eigenvalue weighted by Crippen LogP contribution is -2.69. The molecule has 5 aliphatic heterocycles. The third kappa shape index (κ3) is 3.64. The van der Waals surface area contributed by atoms with Crippen LogP contribution in [0.5, 0.6) is 28.7 Å². The summed E-state index contributed by atoms with van der Waals surface area (Å²) in [4.78, 5) is 4.90. The van der Waals surface area contributed by atoms with Gasteiger partial charge >= 0.3 is 0 Å². The number of aromatic hydroxyl groups is 1. The molecule has 3 aromatic rings. The summed E-state index contributed by atoms with van der Waals surface area (Å²) in [6, 6.07) is 12.2. The van der Waals surface area contributed by atoms with E-state index in [4.69, 9.17) is 18.9 Å². The monoisotopic (exact) mass is 572 g/mol. The average Bonchev–Trinajstić information content (AvgIpc) is 3.49. The molecule has 1 saturated heterocycles. The molecule has 2 bridgehead atoms. The minimum absolute atomic E-state index is 0.0993. The van der Waals surface area contributed by atoms with Crippen molar-refractivity contribution in [3.05, 3.63) is 75.3 Å². The van der Waals surface area contributed by atoms with Crippen molar-refractivity contribution in [3.8, 4) is 28.7 Å². The van der Waals surface area contributed by atoms with Crippen molar-refractivity contribution in [1.82, 2.24) is 9.80 Å². The van der Waals surface area contributed by atoms with E-state index in [2.05, 4.69) is 55.8 Å². The van der Waals surface area contributed by atoms with E-state index >= 15 is 0 Å². The molecule has 3 aromatic carbocycles. The first-order chi connectivity index (χ1) is 20.2. The fourth-order valence-corrected chi connectivity index (χ4v) is 8.21. The highest BCUT2D eigenvalue weighted by Crippen LogP contribution is 2.61. The summed E-state index contributed by atoms with van der Waals surface area (Å²) in [6.45, 7) is 8.89. The summed E-state index contributed by atoms with van der Waals surface area (Å²) in [6.07, 6.45) is 1.51. The smallest absolute Gasteiger partial charge is 0.231 e. The second-order valence-corrected chi connectivity index (χ2v) is 12.5. The van der Waals surface area contributed by atoms with Gasteiger partial charge in [-0.1, -0.05) is 30.3 Å². The number of nitrogens with zero attached hydrogens (tertiary/aromatic N) is 2. The Morgan fingerprint density at radius 3 is 2.50 bits per heavy atom. The normalized spacial score (nSPS) is 27.7. The minimum Gasteiger partial charge on any atom is -0.507 e. The lowest BCUT2D eigenvalue weighted by molar-refractivity contribution is -0.115. The third-order valence-electron chi connectivity index (χ3n) is 10.5. The van der Waals surface area contributed by atoms with E-state index < -0.39 is 6.04 Å². The Labute approximate surface area is 247 Å². The number of ether oxygens (including phenoxy) is 4. The number of aliphatic hydroxyl groups is 1. The zero-order valence-electron chi connectivity index (χ0n) is 25.2. The zero-order valence-corrected chi connectivity index (χ0v) is 25.2. The average molecular weight is 573 g/mol. The maximum Gasteiger partial charge on any atom is 0.231 e. The van der Waals surface area contributed by atoms with Gasteiger partial charge in [0.15, 0.2) is 23.0 Å². The van der Waals surface area contributed by atoms with E-state index in [0.717, 1.165) is 45.7 Å². The van der Waals surface area contributed by atoms with Gasteiger partial charge in [-0.2, -0.15) is 0 Å². The van der Waals surface area contributed by atoms with Crippen LogP contribution in [0.3, 0.4) is 0 Å². The van der Waals surface area contributed by atoms with Gasteiger partial charge in [0.1, 0.15) is 12.4 Å². The molecule has 1 fully saturated rings. The van der Waals surface area contributed by atoms with Gasteiger partial charge in [-0.05, 0) is 70.3 Å². The Hall–Kier alpha value is -3.46. The summed E-state index contributed by atoms with van der Waals surface area (Å²) in [7, 11) is 3.90. The van der Waals surface area contributed by atoms with Crippen molar-refractivity contribution in [2.75, 3.05) is 27.6 Å². The summed E-state index contributed by atoms with van der Waals surface area (Å²) in [5.74, 6) is 2.87. The first kappa shape index (κ1) is 27.4. The molecule has 222 valence electrons. The Balaban J connectivity index is 1.49. The highest BCUT2D eigenvalue weighted by molar-refractivity contribution is 5.67. The number of hydrogen-bond donors (Lipinski definition) is 2. The van der Waals surface area contributed by atoms with Gasteiger partial charge in [-0.25, -0.2) is 0 Å². The Morgan fingerprint density at radius 2 is 1.81 bits per heavy atom. The topological polar surface area (TPSA) is 83.9 Å². The van der Waals surface area contributed by atoms with Crippen LogP contribution in [-0.4, -0.2) is 59.7 Å². The van der Waals surface area contributed by atoms with Gasteiger partial charge in [0.05, 0.1) is 19.8 Å². The zero-order chi connectivity index (χ0) is 29.5. The number of aryl methyl sites for hydroxylation is 1. The molecule has 5 atom stereocenters. The standard InChI is InChI=1S/C34H40N2O6/c1-18-12-23-28(33(30(18)39-6)40-16-21-10-8-7-9-11-21)24-13-22-27(32-31(41-17-42-32)19(2)29(22)38)26(15-37)36(24)20(3)25-14-34(23,4)35(25)5/h7-12,20,24-26,37-38H,13-17H2,1-6H3/t20-,24-,25+,26-,34+/m0/s1. The quantitative estimate of drug-likeness (QED) is 0.428. The van der Waals surface area contributed by atoms with Gasteiger partial charge in [0, 0.05) is 45.9 Å². The Bertz CT molecular complexity index is 1560. The lowest BCUT2D eigenvalue weighted by atomic mass is 9.66. The summed E-state index contributed by atoms with van der Waals surface area (Å²) >= 11 is 0. The Morgan fingerprint density at radius 1 is 1.07 bits per heavy atom. The highest BCUT2D eigenvalue weighted by atomic mass is 16.7. The van der Waals surface area contributed by atoms with Gasteiger partial charge in [0.2, 0.25) is 6.79 Å². The van der Waals surface area contributed by atoms with Crippen LogP contribution in [0.25, 0.3) is 0 Å². The summed E-state index contributed by atoms with van der Waals surface area (Å²) in [5.41, 5.74) is 6.47. The van der Waals surface area contributed by atoms with Gasteiger partial charge in [-0.15, -0.1) is 0 Å². The molecule has 0 saturated carbocycles. The summed E-state index contributed by atoms with van der Waals surface area (Å²) in [5, 5.41) is 22.7. The van der Waals surface area contributed by atoms with Gasteiger partial charge in [-0.3, -0.25) is 9.80 Å². The number of hydrogen-bond acceptors (Lipinski definition) is 8. The van der Waals surface area contributed by atoms with Gasteiger partial charge < -0.3 is 29.2 Å². The molecule has 5 heterocycles. The maximum absolute atomic E-state index is 11.6. The van der Waals surface area contributed by atoms with E-state index in [1.54, 1.807) is 7.11 Å². The molecule has 0 radical (unpaired) electrons. The number of benzene rings is 3. The first-order valence-electron chi connectivity index (χ1n) is 14.8. The van der Waals surface area contributed by atoms with Crippen LogP contribution in [0.4, 0.5) is 0 Å². The number of phenolic OH excluding ortho intramolecular Hbond substituents is 1. The number of phenols is 1. The predicted molar refractivity (Wildman–Crippen MR) is 159 cm³/mol. The van der Waals surface area contributed by atoms with Crippen molar-refractivity contribution >= 4 is 0 Å². The molecular weight excluding hydrogens is 532 g/mol. The third-order valence-corrected chi connectivity index (χ3v) is 10.5. The van der Waals surface area contributed by atoms with Crippen molar-refractivity contribution in [2.24, 2.45) is 0 Å². The first-order valence-corrected chi connectivity index (χ1v) is 14.8. The molecule has 0 amide bonds.